The van der Waals surface area contributed by atoms with Crippen molar-refractivity contribution in [3.63, 3.8) is 0 Å². The average Bonchev–Trinajstić information content (AvgIpc) is 2.86. The summed E-state index contributed by atoms with van der Waals surface area (Å²) in [6, 6.07) is 13.6. The Morgan fingerprint density at radius 2 is 1.96 bits per heavy atom. The molecule has 0 saturated heterocycles. The lowest BCUT2D eigenvalue weighted by Crippen LogP contribution is -2.24. The largest absolute Gasteiger partial charge is 0.490 e. The van der Waals surface area contributed by atoms with E-state index < -0.39 is 11.0 Å². The number of nitrogens with zero attached hydrogens (tertiary/aromatic N) is 3. The van der Waals surface area contributed by atoms with Crippen LogP contribution >= 0.6 is 0 Å². The molecule has 7 heteroatoms. The SMILES string of the molecule is Cc1nn(C[C@H](O)COc2cccc3ccccc23)c(C)c1[N+](=O)[O-]. The van der Waals surface area contributed by atoms with Crippen LogP contribution in [-0.4, -0.2) is 32.5 Å². The number of hydrogen-bond donors (Lipinski definition) is 1. The van der Waals surface area contributed by atoms with Gasteiger partial charge in [-0.15, -0.1) is 0 Å². The van der Waals surface area contributed by atoms with Crippen molar-refractivity contribution in [2.24, 2.45) is 0 Å². The van der Waals surface area contributed by atoms with E-state index in [9.17, 15) is 15.2 Å². The van der Waals surface area contributed by atoms with Crippen molar-refractivity contribution in [1.29, 1.82) is 0 Å². The number of hydrogen-bond acceptors (Lipinski definition) is 5. The molecule has 7 nitrogen and oxygen atoms in total. The summed E-state index contributed by atoms with van der Waals surface area (Å²) in [6.45, 7) is 3.41. The number of aliphatic hydroxyl groups excluding tert-OH is 1. The van der Waals surface area contributed by atoms with Gasteiger partial charge in [0, 0.05) is 5.39 Å². The molecule has 3 rings (SSSR count). The number of ether oxygens (including phenoxy) is 1. The zero-order valence-electron chi connectivity index (χ0n) is 14.0. The summed E-state index contributed by atoms with van der Waals surface area (Å²) in [4.78, 5) is 10.6. The smallest absolute Gasteiger partial charge is 0.312 e. The number of aliphatic hydroxyl groups is 1. The molecule has 0 aliphatic heterocycles. The normalized spacial score (nSPS) is 12.3. The Morgan fingerprint density at radius 3 is 2.68 bits per heavy atom. The molecule has 0 spiro atoms. The molecule has 0 bridgehead atoms. The molecule has 0 aliphatic rings. The second-order valence-electron chi connectivity index (χ2n) is 5.90. The van der Waals surface area contributed by atoms with Crippen LogP contribution in [0, 0.1) is 24.0 Å². The number of rotatable bonds is 6. The number of aryl methyl sites for hydroxylation is 1. The summed E-state index contributed by atoms with van der Waals surface area (Å²) in [7, 11) is 0. The molecule has 1 heterocycles. The first kappa shape index (κ1) is 16.9. The zero-order valence-corrected chi connectivity index (χ0v) is 14.0. The van der Waals surface area contributed by atoms with E-state index in [2.05, 4.69) is 5.10 Å². The van der Waals surface area contributed by atoms with Crippen molar-refractivity contribution in [1.82, 2.24) is 9.78 Å². The lowest BCUT2D eigenvalue weighted by Gasteiger charge is -2.14. The first-order valence-corrected chi connectivity index (χ1v) is 7.94. The Morgan fingerprint density at radius 1 is 1.24 bits per heavy atom. The second-order valence-corrected chi connectivity index (χ2v) is 5.90. The molecule has 0 aliphatic carbocycles. The lowest BCUT2D eigenvalue weighted by molar-refractivity contribution is -0.386. The Hall–Kier alpha value is -2.93. The summed E-state index contributed by atoms with van der Waals surface area (Å²) in [5, 5.41) is 27.5. The molecular weight excluding hydrogens is 322 g/mol. The van der Waals surface area contributed by atoms with Crippen LogP contribution in [0.3, 0.4) is 0 Å². The van der Waals surface area contributed by atoms with Crippen LogP contribution in [0.2, 0.25) is 0 Å². The van der Waals surface area contributed by atoms with Crippen molar-refractivity contribution in [2.75, 3.05) is 6.61 Å². The van der Waals surface area contributed by atoms with Crippen molar-refractivity contribution in [3.05, 3.63) is 64.0 Å². The third-order valence-electron chi connectivity index (χ3n) is 4.09. The highest BCUT2D eigenvalue weighted by atomic mass is 16.6. The molecule has 1 aromatic heterocycles. The molecule has 0 saturated carbocycles. The maximum atomic E-state index is 11.0. The monoisotopic (exact) mass is 341 g/mol. The Balaban J connectivity index is 1.70. The van der Waals surface area contributed by atoms with Gasteiger partial charge in [-0.25, -0.2) is 0 Å². The Labute approximate surface area is 144 Å². The maximum absolute atomic E-state index is 11.0. The summed E-state index contributed by atoms with van der Waals surface area (Å²) in [5.74, 6) is 0.691. The van der Waals surface area contributed by atoms with Gasteiger partial charge in [-0.05, 0) is 25.3 Å². The van der Waals surface area contributed by atoms with Crippen LogP contribution < -0.4 is 4.74 Å². The average molecular weight is 341 g/mol. The number of benzene rings is 2. The van der Waals surface area contributed by atoms with Crippen LogP contribution in [0.5, 0.6) is 5.75 Å². The van der Waals surface area contributed by atoms with Crippen LogP contribution in [0.15, 0.2) is 42.5 Å². The quantitative estimate of drug-likeness (QED) is 0.550. The van der Waals surface area contributed by atoms with Crippen molar-refractivity contribution in [2.45, 2.75) is 26.5 Å². The van der Waals surface area contributed by atoms with E-state index in [1.165, 1.54) is 4.68 Å². The topological polar surface area (TPSA) is 90.4 Å². The molecule has 0 radical (unpaired) electrons. The summed E-state index contributed by atoms with van der Waals surface area (Å²) in [6.07, 6.45) is -0.837. The Kier molecular flexibility index (Phi) is 4.67. The van der Waals surface area contributed by atoms with E-state index in [0.29, 0.717) is 17.1 Å². The first-order valence-electron chi connectivity index (χ1n) is 7.94. The minimum Gasteiger partial charge on any atom is -0.490 e. The second kappa shape index (κ2) is 6.90. The molecular formula is C18H19N3O4. The van der Waals surface area contributed by atoms with Crippen molar-refractivity contribution in [3.8, 4) is 5.75 Å². The van der Waals surface area contributed by atoms with Gasteiger partial charge in [-0.2, -0.15) is 5.10 Å². The van der Waals surface area contributed by atoms with Gasteiger partial charge in [0.2, 0.25) is 0 Å². The Bertz CT molecular complexity index is 915. The fourth-order valence-electron chi connectivity index (χ4n) is 2.89. The summed E-state index contributed by atoms with van der Waals surface area (Å²) < 4.78 is 7.20. The van der Waals surface area contributed by atoms with Gasteiger partial charge < -0.3 is 9.84 Å². The zero-order chi connectivity index (χ0) is 18.0. The minimum absolute atomic E-state index is 0.0119. The van der Waals surface area contributed by atoms with Crippen LogP contribution in [0.25, 0.3) is 10.8 Å². The van der Waals surface area contributed by atoms with E-state index in [1.54, 1.807) is 13.8 Å². The van der Waals surface area contributed by atoms with Crippen molar-refractivity contribution >= 4 is 16.5 Å². The fourth-order valence-corrected chi connectivity index (χ4v) is 2.89. The predicted molar refractivity (Wildman–Crippen MR) is 93.8 cm³/mol. The molecule has 130 valence electrons. The van der Waals surface area contributed by atoms with Gasteiger partial charge in [0.1, 0.15) is 29.8 Å². The van der Waals surface area contributed by atoms with Gasteiger partial charge in [0.15, 0.2) is 0 Å². The molecule has 25 heavy (non-hydrogen) atoms. The third-order valence-corrected chi connectivity index (χ3v) is 4.09. The highest BCUT2D eigenvalue weighted by Crippen LogP contribution is 2.25. The van der Waals surface area contributed by atoms with Crippen LogP contribution in [-0.2, 0) is 6.54 Å². The highest BCUT2D eigenvalue weighted by Gasteiger charge is 2.23. The molecule has 3 aromatic rings. The van der Waals surface area contributed by atoms with Gasteiger partial charge in [0.25, 0.3) is 0 Å². The summed E-state index contributed by atoms with van der Waals surface area (Å²) in [5.41, 5.74) is 0.749. The van der Waals surface area contributed by atoms with Gasteiger partial charge in [0.05, 0.1) is 11.5 Å². The first-order chi connectivity index (χ1) is 12.0. The van der Waals surface area contributed by atoms with Gasteiger partial charge in [-0.1, -0.05) is 36.4 Å². The molecule has 0 amide bonds. The standard InChI is InChI=1S/C18H19N3O4/c1-12-18(21(23)24)13(2)20(19-12)10-15(22)11-25-17-9-5-7-14-6-3-4-8-16(14)17/h3-9,15,22H,10-11H2,1-2H3/t15-/m0/s1. The lowest BCUT2D eigenvalue weighted by atomic mass is 10.1. The van der Waals surface area contributed by atoms with Gasteiger partial charge in [-0.3, -0.25) is 14.8 Å². The van der Waals surface area contributed by atoms with Crippen molar-refractivity contribution < 1.29 is 14.8 Å². The number of fused-ring (bicyclic) bond motifs is 1. The third kappa shape index (κ3) is 3.46. The van der Waals surface area contributed by atoms with Crippen LogP contribution in [0.1, 0.15) is 11.4 Å². The van der Waals surface area contributed by atoms with E-state index in [4.69, 9.17) is 4.74 Å². The molecule has 2 aromatic carbocycles. The van der Waals surface area contributed by atoms with E-state index in [-0.39, 0.29) is 18.8 Å². The van der Waals surface area contributed by atoms with Gasteiger partial charge >= 0.3 is 5.69 Å². The highest BCUT2D eigenvalue weighted by molar-refractivity contribution is 5.88. The summed E-state index contributed by atoms with van der Waals surface area (Å²) >= 11 is 0. The van der Waals surface area contributed by atoms with E-state index >= 15 is 0 Å². The fraction of sp³-hybridized carbons (Fsp3) is 0.278. The number of nitro groups is 1. The number of aromatic nitrogens is 2. The molecule has 0 fully saturated rings. The van der Waals surface area contributed by atoms with E-state index in [1.807, 2.05) is 42.5 Å². The maximum Gasteiger partial charge on any atom is 0.312 e. The van der Waals surface area contributed by atoms with Crippen LogP contribution in [0.4, 0.5) is 5.69 Å². The molecule has 1 N–H and O–H groups in total. The minimum atomic E-state index is -0.837. The molecule has 1 atom stereocenters. The molecule has 0 unspecified atom stereocenters. The predicted octanol–water partition coefficient (Wildman–Crippen LogP) is 3.00. The van der Waals surface area contributed by atoms with E-state index in [0.717, 1.165) is 10.8 Å².